The smallest absolute Gasteiger partial charge is 0.243 e. The van der Waals surface area contributed by atoms with E-state index in [9.17, 15) is 13.2 Å². The summed E-state index contributed by atoms with van der Waals surface area (Å²) >= 11 is 0. The molecule has 1 amide bonds. The van der Waals surface area contributed by atoms with E-state index in [0.29, 0.717) is 25.2 Å². The number of sulfonamides is 1. The van der Waals surface area contributed by atoms with Gasteiger partial charge in [0.25, 0.3) is 0 Å². The van der Waals surface area contributed by atoms with E-state index in [1.54, 1.807) is 24.3 Å². The van der Waals surface area contributed by atoms with Crippen LogP contribution >= 0.6 is 0 Å². The SMILES string of the molecule is O=C(CCCCc1ccccc1)Nc1cccc(S(=O)(=O)N2CCCC2)c1. The zero-order valence-electron chi connectivity index (χ0n) is 15.4. The first kappa shape index (κ1) is 19.6. The van der Waals surface area contributed by atoms with Crippen LogP contribution in [0.3, 0.4) is 0 Å². The largest absolute Gasteiger partial charge is 0.326 e. The van der Waals surface area contributed by atoms with Crippen LogP contribution in [0.15, 0.2) is 59.5 Å². The fraction of sp³-hybridized carbons (Fsp3) is 0.381. The van der Waals surface area contributed by atoms with Gasteiger partial charge in [-0.1, -0.05) is 36.4 Å². The second-order valence-electron chi connectivity index (χ2n) is 6.88. The Morgan fingerprint density at radius 1 is 0.963 bits per heavy atom. The van der Waals surface area contributed by atoms with Crippen LogP contribution in [-0.4, -0.2) is 31.7 Å². The maximum Gasteiger partial charge on any atom is 0.243 e. The van der Waals surface area contributed by atoms with Crippen LogP contribution in [0.5, 0.6) is 0 Å². The summed E-state index contributed by atoms with van der Waals surface area (Å²) in [6.45, 7) is 1.14. The van der Waals surface area contributed by atoms with Crippen molar-refractivity contribution in [2.45, 2.75) is 43.4 Å². The molecule has 0 atom stereocenters. The number of unbranched alkanes of at least 4 members (excludes halogenated alkanes) is 1. The average Bonchev–Trinajstić information content (AvgIpc) is 3.22. The summed E-state index contributed by atoms with van der Waals surface area (Å²) in [6, 6.07) is 16.8. The number of anilines is 1. The Morgan fingerprint density at radius 3 is 2.44 bits per heavy atom. The third kappa shape index (κ3) is 5.40. The number of hydrogen-bond acceptors (Lipinski definition) is 3. The van der Waals surface area contributed by atoms with Crippen LogP contribution in [0.1, 0.15) is 37.7 Å². The highest BCUT2D eigenvalue weighted by atomic mass is 32.2. The van der Waals surface area contributed by atoms with Gasteiger partial charge in [0.05, 0.1) is 4.90 Å². The molecule has 1 heterocycles. The second kappa shape index (κ2) is 9.15. The Balaban J connectivity index is 1.51. The van der Waals surface area contributed by atoms with E-state index in [2.05, 4.69) is 17.4 Å². The van der Waals surface area contributed by atoms with Crippen LogP contribution in [0.4, 0.5) is 5.69 Å². The molecule has 0 aliphatic carbocycles. The topological polar surface area (TPSA) is 66.5 Å². The molecule has 5 nitrogen and oxygen atoms in total. The van der Waals surface area contributed by atoms with Gasteiger partial charge in [-0.05, 0) is 55.9 Å². The van der Waals surface area contributed by atoms with Crippen molar-refractivity contribution in [1.29, 1.82) is 0 Å². The quantitative estimate of drug-likeness (QED) is 0.701. The number of carbonyl (C=O) groups is 1. The number of hydrogen-bond donors (Lipinski definition) is 1. The summed E-state index contributed by atoms with van der Waals surface area (Å²) in [4.78, 5) is 12.4. The van der Waals surface area contributed by atoms with Gasteiger partial charge in [0.15, 0.2) is 0 Å². The van der Waals surface area contributed by atoms with E-state index in [1.165, 1.54) is 9.87 Å². The lowest BCUT2D eigenvalue weighted by Crippen LogP contribution is -2.27. The van der Waals surface area contributed by atoms with Crippen LogP contribution in [0.25, 0.3) is 0 Å². The molecule has 0 unspecified atom stereocenters. The third-order valence-corrected chi connectivity index (χ3v) is 6.68. The van der Waals surface area contributed by atoms with Crippen LogP contribution < -0.4 is 5.32 Å². The van der Waals surface area contributed by atoms with Gasteiger partial charge in [-0.15, -0.1) is 0 Å². The molecule has 0 bridgehead atoms. The molecule has 6 heteroatoms. The van der Waals surface area contributed by atoms with Gasteiger partial charge < -0.3 is 5.32 Å². The molecule has 1 aliphatic heterocycles. The van der Waals surface area contributed by atoms with Gasteiger partial charge in [0.2, 0.25) is 15.9 Å². The normalized spacial score (nSPS) is 15.0. The fourth-order valence-electron chi connectivity index (χ4n) is 3.29. The van der Waals surface area contributed by atoms with E-state index >= 15 is 0 Å². The first-order valence-corrected chi connectivity index (χ1v) is 10.9. The van der Waals surface area contributed by atoms with Gasteiger partial charge in [-0.25, -0.2) is 8.42 Å². The molecule has 1 N–H and O–H groups in total. The maximum absolute atomic E-state index is 12.6. The Bertz CT molecular complexity index is 860. The van der Waals surface area contributed by atoms with Gasteiger partial charge in [-0.2, -0.15) is 4.31 Å². The zero-order chi connectivity index (χ0) is 19.1. The Labute approximate surface area is 161 Å². The summed E-state index contributed by atoms with van der Waals surface area (Å²) in [6.07, 6.45) is 4.93. The lowest BCUT2D eigenvalue weighted by Gasteiger charge is -2.16. The molecule has 144 valence electrons. The van der Waals surface area contributed by atoms with Crippen LogP contribution in [-0.2, 0) is 21.2 Å². The monoisotopic (exact) mass is 386 g/mol. The Kier molecular flexibility index (Phi) is 6.63. The minimum atomic E-state index is -3.47. The van der Waals surface area contributed by atoms with E-state index < -0.39 is 10.0 Å². The van der Waals surface area contributed by atoms with Gasteiger partial charge in [0.1, 0.15) is 0 Å². The Hall–Kier alpha value is -2.18. The molecule has 0 saturated carbocycles. The average molecular weight is 387 g/mol. The van der Waals surface area contributed by atoms with Gasteiger partial charge >= 0.3 is 0 Å². The van der Waals surface area contributed by atoms with E-state index in [-0.39, 0.29) is 10.8 Å². The second-order valence-corrected chi connectivity index (χ2v) is 8.82. The first-order valence-electron chi connectivity index (χ1n) is 9.50. The lowest BCUT2D eigenvalue weighted by atomic mass is 10.1. The minimum absolute atomic E-state index is 0.0845. The summed E-state index contributed by atoms with van der Waals surface area (Å²) in [5.41, 5.74) is 1.81. The lowest BCUT2D eigenvalue weighted by molar-refractivity contribution is -0.116. The predicted molar refractivity (Wildman–Crippen MR) is 107 cm³/mol. The van der Waals surface area contributed by atoms with Gasteiger partial charge in [0, 0.05) is 25.2 Å². The van der Waals surface area contributed by atoms with Gasteiger partial charge in [-0.3, -0.25) is 4.79 Å². The number of carbonyl (C=O) groups excluding carboxylic acids is 1. The van der Waals surface area contributed by atoms with Crippen molar-refractivity contribution in [2.24, 2.45) is 0 Å². The van der Waals surface area contributed by atoms with Crippen LogP contribution in [0.2, 0.25) is 0 Å². The fourth-order valence-corrected chi connectivity index (χ4v) is 4.86. The first-order chi connectivity index (χ1) is 13.1. The maximum atomic E-state index is 12.6. The molecule has 0 aromatic heterocycles. The van der Waals surface area contributed by atoms with Crippen molar-refractivity contribution in [3.05, 3.63) is 60.2 Å². The molecule has 2 aromatic carbocycles. The van der Waals surface area contributed by atoms with Crippen LogP contribution in [0, 0.1) is 0 Å². The van der Waals surface area contributed by atoms with Crippen molar-refractivity contribution in [3.8, 4) is 0 Å². The van der Waals surface area contributed by atoms with Crippen molar-refractivity contribution in [2.75, 3.05) is 18.4 Å². The summed E-state index contributed by atoms with van der Waals surface area (Å²) in [5.74, 6) is -0.0845. The number of nitrogens with one attached hydrogen (secondary N) is 1. The molecule has 0 spiro atoms. The summed E-state index contributed by atoms with van der Waals surface area (Å²) < 4.78 is 26.8. The molecule has 27 heavy (non-hydrogen) atoms. The van der Waals surface area contributed by atoms with E-state index in [1.807, 2.05) is 18.2 Å². The Morgan fingerprint density at radius 2 is 1.70 bits per heavy atom. The molecular formula is C21H26N2O3S. The number of amides is 1. The highest BCUT2D eigenvalue weighted by Gasteiger charge is 2.27. The number of aryl methyl sites for hydroxylation is 1. The molecule has 1 fully saturated rings. The van der Waals surface area contributed by atoms with Crippen molar-refractivity contribution >= 4 is 21.6 Å². The molecule has 1 saturated heterocycles. The molecule has 1 aliphatic rings. The number of benzene rings is 2. The van der Waals surface area contributed by atoms with Crippen molar-refractivity contribution in [3.63, 3.8) is 0 Å². The standard InChI is InChI=1S/C21H26N2O3S/c24-21(14-5-4-11-18-9-2-1-3-10-18)22-19-12-8-13-20(17-19)27(25,26)23-15-6-7-16-23/h1-3,8-10,12-13,17H,4-7,11,14-16H2,(H,22,24). The zero-order valence-corrected chi connectivity index (χ0v) is 16.2. The molecular weight excluding hydrogens is 360 g/mol. The predicted octanol–water partition coefficient (Wildman–Crippen LogP) is 3.82. The van der Waals surface area contributed by atoms with Crippen molar-refractivity contribution in [1.82, 2.24) is 4.31 Å². The summed E-state index contributed by atoms with van der Waals surface area (Å²) in [7, 11) is -3.47. The molecule has 2 aromatic rings. The van der Waals surface area contributed by atoms with E-state index in [4.69, 9.17) is 0 Å². The minimum Gasteiger partial charge on any atom is -0.326 e. The highest BCUT2D eigenvalue weighted by molar-refractivity contribution is 7.89. The van der Waals surface area contributed by atoms with Crippen molar-refractivity contribution < 1.29 is 13.2 Å². The number of nitrogens with zero attached hydrogens (tertiary/aromatic N) is 1. The third-order valence-electron chi connectivity index (χ3n) is 4.78. The number of rotatable bonds is 8. The molecule has 0 radical (unpaired) electrons. The van der Waals surface area contributed by atoms with E-state index in [0.717, 1.165) is 32.1 Å². The molecule has 3 rings (SSSR count). The summed E-state index contributed by atoms with van der Waals surface area (Å²) in [5, 5.41) is 2.82. The highest BCUT2D eigenvalue weighted by Crippen LogP contribution is 2.23.